The number of rotatable bonds is 6. The Morgan fingerprint density at radius 1 is 1.36 bits per heavy atom. The highest BCUT2D eigenvalue weighted by atomic mass is 35.5. The maximum Gasteiger partial charge on any atom is 0.424 e. The van der Waals surface area contributed by atoms with E-state index in [2.05, 4.69) is 10.3 Å². The first kappa shape index (κ1) is 22.1. The maximum atomic E-state index is 13.5. The molecule has 2 N–H and O–H groups in total. The second-order valence-electron chi connectivity index (χ2n) is 6.14. The van der Waals surface area contributed by atoms with Crippen LogP contribution in [0.1, 0.15) is 17.1 Å². The van der Waals surface area contributed by atoms with Crippen LogP contribution in [0.4, 0.5) is 18.9 Å². The van der Waals surface area contributed by atoms with Gasteiger partial charge in [-0.2, -0.15) is 13.2 Å². The molecule has 0 aliphatic carbocycles. The minimum Gasteiger partial charge on any atom is -0.374 e. The Bertz CT molecular complexity index is 875. The van der Waals surface area contributed by atoms with Gasteiger partial charge in [-0.15, -0.1) is 11.3 Å². The van der Waals surface area contributed by atoms with Crippen molar-refractivity contribution in [2.75, 3.05) is 18.9 Å². The number of likely N-dealkylation sites (N-methyl/N-ethyl adjacent to an activating group) is 1. The average molecular weight is 436 g/mol. The van der Waals surface area contributed by atoms with Gasteiger partial charge in [0.05, 0.1) is 13.0 Å². The molecule has 0 aliphatic rings. The summed E-state index contributed by atoms with van der Waals surface area (Å²) in [7, 11) is 1.17. The third-order valence-electron chi connectivity index (χ3n) is 3.76. The van der Waals surface area contributed by atoms with Gasteiger partial charge in [-0.25, -0.2) is 4.98 Å². The lowest BCUT2D eigenvalue weighted by Crippen LogP contribution is -2.47. The first-order valence-electron chi connectivity index (χ1n) is 7.93. The molecule has 0 spiro atoms. The van der Waals surface area contributed by atoms with Gasteiger partial charge in [-0.3, -0.25) is 9.59 Å². The van der Waals surface area contributed by atoms with Gasteiger partial charge in [0.1, 0.15) is 5.01 Å². The Kier molecular flexibility index (Phi) is 6.68. The summed E-state index contributed by atoms with van der Waals surface area (Å²) in [6.45, 7) is 0.973. The number of anilines is 1. The standard InChI is InChI=1S/C17H17ClF3N3O3S/c1-10-9-28-15(22-10)16(27,17(19,20)21)7-14(26)24(2)8-13(25)23-12-5-3-4-11(18)6-12/h3-6,9,27H,7-8H2,1-2H3,(H,23,25). The smallest absolute Gasteiger partial charge is 0.374 e. The highest BCUT2D eigenvalue weighted by Crippen LogP contribution is 2.43. The first-order chi connectivity index (χ1) is 12.9. The van der Waals surface area contributed by atoms with E-state index in [1.165, 1.54) is 25.4 Å². The summed E-state index contributed by atoms with van der Waals surface area (Å²) in [6, 6.07) is 6.25. The molecular weight excluding hydrogens is 419 g/mol. The molecule has 0 aliphatic heterocycles. The number of halogens is 4. The van der Waals surface area contributed by atoms with Crippen LogP contribution in [0.15, 0.2) is 29.6 Å². The van der Waals surface area contributed by atoms with Crippen molar-refractivity contribution in [2.24, 2.45) is 0 Å². The van der Waals surface area contributed by atoms with E-state index in [9.17, 15) is 27.9 Å². The van der Waals surface area contributed by atoms with Crippen molar-refractivity contribution < 1.29 is 27.9 Å². The van der Waals surface area contributed by atoms with E-state index in [1.807, 2.05) is 0 Å². The molecule has 1 atom stereocenters. The zero-order valence-corrected chi connectivity index (χ0v) is 16.5. The zero-order valence-electron chi connectivity index (χ0n) is 14.9. The number of carbonyl (C=O) groups excluding carboxylic acids is 2. The van der Waals surface area contributed by atoms with Crippen molar-refractivity contribution in [3.05, 3.63) is 45.4 Å². The monoisotopic (exact) mass is 435 g/mol. The highest BCUT2D eigenvalue weighted by molar-refractivity contribution is 7.09. The molecule has 0 saturated carbocycles. The minimum absolute atomic E-state index is 0.296. The molecule has 1 unspecified atom stereocenters. The number of carbonyl (C=O) groups is 2. The fraction of sp³-hybridized carbons (Fsp3) is 0.353. The summed E-state index contributed by atoms with van der Waals surface area (Å²) in [5.74, 6) is -1.69. The van der Waals surface area contributed by atoms with Crippen molar-refractivity contribution in [1.29, 1.82) is 0 Å². The number of amides is 2. The number of hydrogen-bond donors (Lipinski definition) is 2. The molecule has 11 heteroatoms. The largest absolute Gasteiger partial charge is 0.424 e. The van der Waals surface area contributed by atoms with Crippen LogP contribution >= 0.6 is 22.9 Å². The van der Waals surface area contributed by atoms with Gasteiger partial charge in [-0.05, 0) is 25.1 Å². The predicted molar refractivity (Wildman–Crippen MR) is 99.1 cm³/mol. The number of nitrogens with one attached hydrogen (secondary N) is 1. The summed E-state index contributed by atoms with van der Waals surface area (Å²) in [4.78, 5) is 28.8. The molecular formula is C17H17ClF3N3O3S. The van der Waals surface area contributed by atoms with Crippen molar-refractivity contribution in [3.63, 3.8) is 0 Å². The van der Waals surface area contributed by atoms with Crippen LogP contribution in [0, 0.1) is 6.92 Å². The summed E-state index contributed by atoms with van der Waals surface area (Å²) < 4.78 is 40.4. The van der Waals surface area contributed by atoms with E-state index >= 15 is 0 Å². The van der Waals surface area contributed by atoms with Crippen molar-refractivity contribution >= 4 is 40.4 Å². The van der Waals surface area contributed by atoms with Crippen molar-refractivity contribution in [1.82, 2.24) is 9.88 Å². The van der Waals surface area contributed by atoms with Gasteiger partial charge >= 0.3 is 6.18 Å². The van der Waals surface area contributed by atoms with Crippen LogP contribution in [0.3, 0.4) is 0 Å². The van der Waals surface area contributed by atoms with Crippen LogP contribution in [0.2, 0.25) is 5.02 Å². The molecule has 2 amide bonds. The molecule has 0 bridgehead atoms. The van der Waals surface area contributed by atoms with Crippen molar-refractivity contribution in [2.45, 2.75) is 25.1 Å². The molecule has 1 heterocycles. The van der Waals surface area contributed by atoms with Gasteiger partial charge in [0, 0.05) is 28.8 Å². The fourth-order valence-corrected chi connectivity index (χ4v) is 3.37. The van der Waals surface area contributed by atoms with Crippen LogP contribution in [0.5, 0.6) is 0 Å². The molecule has 6 nitrogen and oxygen atoms in total. The van der Waals surface area contributed by atoms with E-state index in [0.717, 1.165) is 4.90 Å². The number of aliphatic hydroxyl groups is 1. The van der Waals surface area contributed by atoms with Crippen LogP contribution in [0.25, 0.3) is 0 Å². The number of aryl methyl sites for hydroxylation is 1. The van der Waals surface area contributed by atoms with Crippen LogP contribution in [-0.2, 0) is 15.2 Å². The lowest BCUT2D eigenvalue weighted by atomic mass is 9.99. The Morgan fingerprint density at radius 2 is 2.04 bits per heavy atom. The molecule has 1 aromatic carbocycles. The molecule has 0 saturated heterocycles. The number of aromatic nitrogens is 1. The summed E-state index contributed by atoms with van der Waals surface area (Å²) in [5, 5.41) is 13.8. The number of nitrogens with zero attached hydrogens (tertiary/aromatic N) is 2. The molecule has 0 radical (unpaired) electrons. The lowest BCUT2D eigenvalue weighted by molar-refractivity contribution is -0.268. The summed E-state index contributed by atoms with van der Waals surface area (Å²) in [5.41, 5.74) is -2.76. The van der Waals surface area contributed by atoms with Gasteiger partial charge < -0.3 is 15.3 Å². The minimum atomic E-state index is -5.11. The summed E-state index contributed by atoms with van der Waals surface area (Å²) in [6.07, 6.45) is -6.40. The number of benzene rings is 1. The molecule has 28 heavy (non-hydrogen) atoms. The fourth-order valence-electron chi connectivity index (χ4n) is 2.27. The van der Waals surface area contributed by atoms with Crippen molar-refractivity contribution in [3.8, 4) is 0 Å². The van der Waals surface area contributed by atoms with Gasteiger partial charge in [0.15, 0.2) is 0 Å². The van der Waals surface area contributed by atoms with Crippen LogP contribution < -0.4 is 5.32 Å². The lowest BCUT2D eigenvalue weighted by Gasteiger charge is -2.29. The second kappa shape index (κ2) is 8.46. The Balaban J connectivity index is 2.07. The molecule has 152 valence electrons. The molecule has 2 aromatic rings. The number of thiazole rings is 1. The highest BCUT2D eigenvalue weighted by Gasteiger charge is 2.58. The SMILES string of the molecule is Cc1csc(C(O)(CC(=O)N(C)CC(=O)Nc2cccc(Cl)c2)C(F)(F)F)n1. The summed E-state index contributed by atoms with van der Waals surface area (Å²) >= 11 is 6.42. The van der Waals surface area contributed by atoms with Gasteiger partial charge in [0.2, 0.25) is 17.4 Å². The third-order valence-corrected chi connectivity index (χ3v) is 5.11. The van der Waals surface area contributed by atoms with Gasteiger partial charge in [0.25, 0.3) is 0 Å². The van der Waals surface area contributed by atoms with E-state index in [-0.39, 0.29) is 0 Å². The second-order valence-corrected chi connectivity index (χ2v) is 7.43. The topological polar surface area (TPSA) is 82.5 Å². The van der Waals surface area contributed by atoms with Crippen LogP contribution in [-0.4, -0.2) is 46.6 Å². The Hall–Kier alpha value is -2.17. The Morgan fingerprint density at radius 3 is 2.57 bits per heavy atom. The molecule has 1 aromatic heterocycles. The first-order valence-corrected chi connectivity index (χ1v) is 9.19. The molecule has 2 rings (SSSR count). The van der Waals surface area contributed by atoms with E-state index in [1.54, 1.807) is 18.2 Å². The van der Waals surface area contributed by atoms with E-state index in [0.29, 0.717) is 27.7 Å². The average Bonchev–Trinajstić information content (AvgIpc) is 3.00. The molecule has 0 fully saturated rings. The number of alkyl halides is 3. The Labute approximate surface area is 167 Å². The maximum absolute atomic E-state index is 13.5. The number of hydrogen-bond acceptors (Lipinski definition) is 5. The van der Waals surface area contributed by atoms with E-state index in [4.69, 9.17) is 11.6 Å². The van der Waals surface area contributed by atoms with E-state index < -0.39 is 41.6 Å². The quantitative estimate of drug-likeness (QED) is 0.729. The normalized spacial score (nSPS) is 13.7. The predicted octanol–water partition coefficient (Wildman–Crippen LogP) is 3.34. The third kappa shape index (κ3) is 5.21. The van der Waals surface area contributed by atoms with Gasteiger partial charge in [-0.1, -0.05) is 17.7 Å². The zero-order chi connectivity index (χ0) is 21.1.